The molecule has 0 saturated carbocycles. The van der Waals surface area contributed by atoms with Gasteiger partial charge in [0.25, 0.3) is 0 Å². The highest BCUT2D eigenvalue weighted by Gasteiger charge is 2.10. The third-order valence-electron chi connectivity index (χ3n) is 3.04. The van der Waals surface area contributed by atoms with Gasteiger partial charge in [-0.3, -0.25) is 0 Å². The van der Waals surface area contributed by atoms with Crippen molar-refractivity contribution in [2.24, 2.45) is 17.3 Å². The lowest BCUT2D eigenvalue weighted by Gasteiger charge is -2.18. The lowest BCUT2D eigenvalue weighted by molar-refractivity contribution is 0.373. The van der Waals surface area contributed by atoms with Gasteiger partial charge in [0.2, 0.25) is 0 Å². The van der Waals surface area contributed by atoms with Crippen LogP contribution in [0.3, 0.4) is 0 Å². The van der Waals surface area contributed by atoms with E-state index in [9.17, 15) is 0 Å². The van der Waals surface area contributed by atoms with Crippen LogP contribution in [0.5, 0.6) is 0 Å². The molecule has 0 aromatic rings. The zero-order valence-corrected chi connectivity index (χ0v) is 11.6. The van der Waals surface area contributed by atoms with Crippen LogP contribution in [0, 0.1) is 24.2 Å². The lowest BCUT2D eigenvalue weighted by Crippen LogP contribution is -2.05. The Morgan fingerprint density at radius 2 is 1.53 bits per heavy atom. The quantitative estimate of drug-likeness (QED) is 0.466. The number of unbranched alkanes of at least 4 members (excludes halogenated alkanes) is 1. The van der Waals surface area contributed by atoms with E-state index < -0.39 is 0 Å². The summed E-state index contributed by atoms with van der Waals surface area (Å²) in [6.07, 6.45) is 8.21. The van der Waals surface area contributed by atoms with Gasteiger partial charge < -0.3 is 0 Å². The molecule has 0 amide bonds. The zero-order valence-electron chi connectivity index (χ0n) is 11.6. The van der Waals surface area contributed by atoms with Gasteiger partial charge in [-0.2, -0.15) is 0 Å². The molecule has 15 heavy (non-hydrogen) atoms. The summed E-state index contributed by atoms with van der Waals surface area (Å²) >= 11 is 0. The molecule has 0 rings (SSSR count). The van der Waals surface area contributed by atoms with Gasteiger partial charge in [-0.1, -0.05) is 66.7 Å². The Labute approximate surface area is 97.8 Å². The SMILES string of the molecule is [CH2]C(C)(C)CCCCC(C)CCC(C)C. The minimum absolute atomic E-state index is 0.279. The fraction of sp³-hybridized carbons (Fsp3) is 0.933. The van der Waals surface area contributed by atoms with Crippen molar-refractivity contribution in [2.45, 2.75) is 73.1 Å². The topological polar surface area (TPSA) is 0 Å². The van der Waals surface area contributed by atoms with E-state index in [1.54, 1.807) is 0 Å². The van der Waals surface area contributed by atoms with Crippen LogP contribution < -0.4 is 0 Å². The Kier molecular flexibility index (Phi) is 7.30. The van der Waals surface area contributed by atoms with Crippen LogP contribution in [-0.4, -0.2) is 0 Å². The Bertz CT molecular complexity index is 139. The molecule has 0 N–H and O–H groups in total. The summed E-state index contributed by atoms with van der Waals surface area (Å²) in [5.74, 6) is 1.78. The van der Waals surface area contributed by atoms with E-state index in [-0.39, 0.29) is 5.41 Å². The van der Waals surface area contributed by atoms with Crippen molar-refractivity contribution >= 4 is 0 Å². The molecule has 1 radical (unpaired) electrons. The maximum atomic E-state index is 4.15. The molecule has 0 aromatic carbocycles. The zero-order chi connectivity index (χ0) is 11.9. The van der Waals surface area contributed by atoms with Crippen molar-refractivity contribution < 1.29 is 0 Å². The van der Waals surface area contributed by atoms with E-state index in [4.69, 9.17) is 0 Å². The first kappa shape index (κ1) is 15.0. The second-order valence-electron chi connectivity index (χ2n) is 6.49. The maximum Gasteiger partial charge on any atom is -0.0354 e. The van der Waals surface area contributed by atoms with E-state index in [1.807, 2.05) is 0 Å². The molecule has 1 unspecified atom stereocenters. The van der Waals surface area contributed by atoms with Crippen molar-refractivity contribution in [2.75, 3.05) is 0 Å². The first-order chi connectivity index (χ1) is 6.81. The second-order valence-corrected chi connectivity index (χ2v) is 6.49. The van der Waals surface area contributed by atoms with Crippen molar-refractivity contribution in [3.05, 3.63) is 6.92 Å². The van der Waals surface area contributed by atoms with Crippen LogP contribution in [0.15, 0.2) is 0 Å². The van der Waals surface area contributed by atoms with E-state index in [1.165, 1.54) is 38.5 Å². The fourth-order valence-corrected chi connectivity index (χ4v) is 1.86. The van der Waals surface area contributed by atoms with Gasteiger partial charge in [0, 0.05) is 0 Å². The van der Waals surface area contributed by atoms with Crippen molar-refractivity contribution in [3.63, 3.8) is 0 Å². The highest BCUT2D eigenvalue weighted by Crippen LogP contribution is 2.24. The Morgan fingerprint density at radius 3 is 2.00 bits per heavy atom. The molecular formula is C15H31. The third kappa shape index (κ3) is 11.9. The van der Waals surface area contributed by atoms with E-state index in [0.29, 0.717) is 0 Å². The summed E-state index contributed by atoms with van der Waals surface area (Å²) in [6, 6.07) is 0. The summed E-state index contributed by atoms with van der Waals surface area (Å²) in [7, 11) is 0. The Morgan fingerprint density at radius 1 is 0.933 bits per heavy atom. The average molecular weight is 211 g/mol. The van der Waals surface area contributed by atoms with Crippen LogP contribution in [0.4, 0.5) is 0 Å². The molecule has 0 aliphatic carbocycles. The highest BCUT2D eigenvalue weighted by molar-refractivity contribution is 4.70. The van der Waals surface area contributed by atoms with Crippen LogP contribution in [0.1, 0.15) is 73.1 Å². The molecular weight excluding hydrogens is 180 g/mol. The number of hydrogen-bond donors (Lipinski definition) is 0. The molecule has 91 valence electrons. The van der Waals surface area contributed by atoms with Crippen LogP contribution in [0.2, 0.25) is 0 Å². The molecule has 1 atom stereocenters. The van der Waals surface area contributed by atoms with Crippen LogP contribution >= 0.6 is 0 Å². The van der Waals surface area contributed by atoms with E-state index in [2.05, 4.69) is 41.5 Å². The summed E-state index contributed by atoms with van der Waals surface area (Å²) in [6.45, 7) is 15.6. The summed E-state index contributed by atoms with van der Waals surface area (Å²) in [4.78, 5) is 0. The molecule has 0 aliphatic rings. The smallest absolute Gasteiger partial charge is 0.0354 e. The average Bonchev–Trinajstić information content (AvgIpc) is 2.07. The molecule has 0 bridgehead atoms. The van der Waals surface area contributed by atoms with E-state index >= 15 is 0 Å². The highest BCUT2D eigenvalue weighted by atomic mass is 14.2. The third-order valence-corrected chi connectivity index (χ3v) is 3.04. The minimum atomic E-state index is 0.279. The van der Waals surface area contributed by atoms with E-state index in [0.717, 1.165) is 11.8 Å². The predicted octanol–water partition coefficient (Wildman–Crippen LogP) is 5.48. The normalized spacial score (nSPS) is 14.6. The van der Waals surface area contributed by atoms with Crippen LogP contribution in [-0.2, 0) is 0 Å². The Hall–Kier alpha value is 0. The first-order valence-corrected chi connectivity index (χ1v) is 6.66. The molecule has 0 fully saturated rings. The lowest BCUT2D eigenvalue weighted by atomic mass is 9.88. The van der Waals surface area contributed by atoms with Gasteiger partial charge in [-0.15, -0.1) is 0 Å². The molecule has 0 aromatic heterocycles. The van der Waals surface area contributed by atoms with Gasteiger partial charge in [-0.05, 0) is 30.6 Å². The molecule has 0 nitrogen and oxygen atoms in total. The standard InChI is InChI=1S/C15H31/c1-13(2)10-11-14(3)9-7-8-12-15(4,5)6/h13-14H,4,7-12H2,1-3,5-6H3. The summed E-state index contributed by atoms with van der Waals surface area (Å²) < 4.78 is 0. The van der Waals surface area contributed by atoms with Gasteiger partial charge >= 0.3 is 0 Å². The van der Waals surface area contributed by atoms with Crippen LogP contribution in [0.25, 0.3) is 0 Å². The summed E-state index contributed by atoms with van der Waals surface area (Å²) in [5.41, 5.74) is 0.279. The van der Waals surface area contributed by atoms with Gasteiger partial charge in [0.05, 0.1) is 0 Å². The van der Waals surface area contributed by atoms with Crippen molar-refractivity contribution in [3.8, 4) is 0 Å². The second kappa shape index (κ2) is 7.30. The number of hydrogen-bond acceptors (Lipinski definition) is 0. The fourth-order valence-electron chi connectivity index (χ4n) is 1.86. The van der Waals surface area contributed by atoms with Gasteiger partial charge in [0.15, 0.2) is 0 Å². The van der Waals surface area contributed by atoms with Crippen molar-refractivity contribution in [1.82, 2.24) is 0 Å². The first-order valence-electron chi connectivity index (χ1n) is 6.66. The minimum Gasteiger partial charge on any atom is -0.0628 e. The van der Waals surface area contributed by atoms with Gasteiger partial charge in [-0.25, -0.2) is 0 Å². The maximum absolute atomic E-state index is 4.15. The largest absolute Gasteiger partial charge is 0.0628 e. The predicted molar refractivity (Wildman–Crippen MR) is 70.8 cm³/mol. The molecule has 0 aliphatic heterocycles. The molecule has 0 spiro atoms. The molecule has 0 heterocycles. The number of rotatable bonds is 8. The summed E-state index contributed by atoms with van der Waals surface area (Å²) in [5, 5.41) is 0. The van der Waals surface area contributed by atoms with Crippen molar-refractivity contribution in [1.29, 1.82) is 0 Å². The molecule has 0 saturated heterocycles. The van der Waals surface area contributed by atoms with Gasteiger partial charge in [0.1, 0.15) is 0 Å². The molecule has 0 heteroatoms. The Balaban J connectivity index is 3.35. The monoisotopic (exact) mass is 211 g/mol.